The van der Waals surface area contributed by atoms with E-state index in [-0.39, 0.29) is 62.5 Å². The predicted molar refractivity (Wildman–Crippen MR) is 251 cm³/mol. The van der Waals surface area contributed by atoms with Gasteiger partial charge in [-0.2, -0.15) is 0 Å². The number of hydrogen-bond donors (Lipinski definition) is 1. The Morgan fingerprint density at radius 3 is 1.31 bits per heavy atom. The van der Waals surface area contributed by atoms with Crippen molar-refractivity contribution in [3.63, 3.8) is 0 Å². The monoisotopic (exact) mass is 877 g/mol. The van der Waals surface area contributed by atoms with Crippen LogP contribution in [0.3, 0.4) is 0 Å². The lowest BCUT2D eigenvalue weighted by Gasteiger charge is -2.19. The number of carboxylic acid groups (broad SMARTS) is 1. The lowest BCUT2D eigenvalue weighted by Crippen LogP contribution is -2.31. The van der Waals surface area contributed by atoms with Crippen LogP contribution in [0.1, 0.15) is 245 Å². The third kappa shape index (κ3) is 44.9. The summed E-state index contributed by atoms with van der Waals surface area (Å²) in [4.78, 5) is 60.5. The number of unbranched alkanes of at least 4 members (excludes halogenated alkanes) is 23. The Kier molecular flexibility index (Phi) is 43.5. The van der Waals surface area contributed by atoms with Crippen molar-refractivity contribution in [3.05, 3.63) is 24.3 Å². The molecule has 0 aliphatic carbocycles. The molecule has 2 atom stereocenters. The van der Waals surface area contributed by atoms with Crippen molar-refractivity contribution in [3.8, 4) is 0 Å². The third-order valence-electron chi connectivity index (χ3n) is 11.1. The van der Waals surface area contributed by atoms with E-state index in [1.165, 1.54) is 57.8 Å². The molecule has 0 aromatic heterocycles. The molecular weight excluding hydrogens is 785 g/mol. The molecule has 0 aliphatic heterocycles. The predicted octanol–water partition coefficient (Wildman–Crippen LogP) is 14.1. The molecule has 360 valence electrons. The van der Waals surface area contributed by atoms with Crippen molar-refractivity contribution in [1.29, 1.82) is 0 Å². The molecule has 0 saturated heterocycles. The zero-order valence-corrected chi connectivity index (χ0v) is 40.0. The minimum Gasteiger partial charge on any atom is -0.481 e. The number of esters is 4. The first-order valence-corrected chi connectivity index (χ1v) is 25.4. The minimum atomic E-state index is -0.841. The average Bonchev–Trinajstić information content (AvgIpc) is 3.24. The fraction of sp³-hybridized carbons (Fsp3) is 0.827. The second-order valence-electron chi connectivity index (χ2n) is 17.4. The van der Waals surface area contributed by atoms with E-state index in [1.807, 2.05) is 6.92 Å². The Labute approximate surface area is 378 Å². The maximum Gasteiger partial charge on any atom is 0.306 e. The molecule has 0 rings (SSSR count). The second-order valence-corrected chi connectivity index (χ2v) is 17.4. The first-order valence-electron chi connectivity index (χ1n) is 25.4. The summed E-state index contributed by atoms with van der Waals surface area (Å²) >= 11 is 0. The van der Waals surface area contributed by atoms with Crippen molar-refractivity contribution in [2.75, 3.05) is 19.8 Å². The fourth-order valence-corrected chi connectivity index (χ4v) is 7.16. The van der Waals surface area contributed by atoms with Crippen LogP contribution in [0.15, 0.2) is 24.3 Å². The molecule has 0 heterocycles. The van der Waals surface area contributed by atoms with Gasteiger partial charge in [0.2, 0.25) is 0 Å². The van der Waals surface area contributed by atoms with E-state index in [2.05, 4.69) is 38.2 Å². The highest BCUT2D eigenvalue weighted by Crippen LogP contribution is 2.17. The van der Waals surface area contributed by atoms with E-state index in [9.17, 15) is 24.0 Å². The summed E-state index contributed by atoms with van der Waals surface area (Å²) in [6, 6.07) is 0. The van der Waals surface area contributed by atoms with Crippen molar-refractivity contribution < 1.29 is 48.0 Å². The molecular formula is C52H92O10. The molecule has 0 aromatic carbocycles. The Hall–Kier alpha value is -3.17. The molecule has 1 N–H and O–H groups in total. The average molecular weight is 877 g/mol. The van der Waals surface area contributed by atoms with Crippen LogP contribution < -0.4 is 0 Å². The van der Waals surface area contributed by atoms with Gasteiger partial charge in [0.1, 0.15) is 13.2 Å². The van der Waals surface area contributed by atoms with Gasteiger partial charge in [-0.25, -0.2) is 0 Å². The van der Waals surface area contributed by atoms with Crippen LogP contribution in [0.5, 0.6) is 0 Å². The number of aliphatic carboxylic acids is 1. The highest BCUT2D eigenvalue weighted by molar-refractivity contribution is 5.71. The number of ether oxygens (including phenoxy) is 4. The SMILES string of the molecule is CCC/C=C\CCCCCCCC(=O)OCC(COC(=O)CCCCCCC/C=C\CCCCCCCC)OC(=O)CC(C)CCCCCCCCC(=O)OCCCCC(=O)O. The maximum absolute atomic E-state index is 13.0. The van der Waals surface area contributed by atoms with Gasteiger partial charge in [0, 0.05) is 32.1 Å². The summed E-state index contributed by atoms with van der Waals surface area (Å²) in [6.45, 7) is 6.47. The zero-order valence-electron chi connectivity index (χ0n) is 40.0. The van der Waals surface area contributed by atoms with Crippen LogP contribution in [-0.4, -0.2) is 60.9 Å². The van der Waals surface area contributed by atoms with Crippen LogP contribution in [0, 0.1) is 5.92 Å². The maximum atomic E-state index is 13.0. The number of carbonyl (C=O) groups excluding carboxylic acids is 4. The Morgan fingerprint density at radius 1 is 0.435 bits per heavy atom. The quantitative estimate of drug-likeness (QED) is 0.0272. The van der Waals surface area contributed by atoms with E-state index in [0.717, 1.165) is 122 Å². The van der Waals surface area contributed by atoms with E-state index in [1.54, 1.807) is 0 Å². The van der Waals surface area contributed by atoms with Gasteiger partial charge in [-0.1, -0.05) is 161 Å². The Balaban J connectivity index is 4.48. The summed E-state index contributed by atoms with van der Waals surface area (Å²) in [5.74, 6) is -1.98. The molecule has 0 saturated carbocycles. The molecule has 2 unspecified atom stereocenters. The number of rotatable bonds is 46. The van der Waals surface area contributed by atoms with E-state index in [0.29, 0.717) is 32.1 Å². The first kappa shape index (κ1) is 58.8. The van der Waals surface area contributed by atoms with Crippen LogP contribution in [0.25, 0.3) is 0 Å². The molecule has 0 radical (unpaired) electrons. The molecule has 0 bridgehead atoms. The topological polar surface area (TPSA) is 142 Å². The molecule has 0 fully saturated rings. The number of carbonyl (C=O) groups is 5. The number of hydrogen-bond acceptors (Lipinski definition) is 9. The van der Waals surface area contributed by atoms with Crippen molar-refractivity contribution in [2.45, 2.75) is 252 Å². The van der Waals surface area contributed by atoms with Gasteiger partial charge in [0.25, 0.3) is 0 Å². The van der Waals surface area contributed by atoms with Gasteiger partial charge in [0.05, 0.1) is 6.61 Å². The summed E-state index contributed by atoms with van der Waals surface area (Å²) in [7, 11) is 0. The molecule has 0 spiro atoms. The molecule has 0 amide bonds. The fourth-order valence-electron chi connectivity index (χ4n) is 7.16. The highest BCUT2D eigenvalue weighted by atomic mass is 16.6. The summed E-state index contributed by atoms with van der Waals surface area (Å²) < 4.78 is 21.9. The van der Waals surface area contributed by atoms with Crippen molar-refractivity contribution >= 4 is 29.8 Å². The number of allylic oxidation sites excluding steroid dienone is 4. The van der Waals surface area contributed by atoms with Crippen LogP contribution in [-0.2, 0) is 42.9 Å². The molecule has 0 aromatic rings. The van der Waals surface area contributed by atoms with E-state index < -0.39 is 12.1 Å². The molecule has 0 aliphatic rings. The lowest BCUT2D eigenvalue weighted by molar-refractivity contribution is -0.167. The smallest absolute Gasteiger partial charge is 0.306 e. The third-order valence-corrected chi connectivity index (χ3v) is 11.1. The summed E-state index contributed by atoms with van der Waals surface area (Å²) in [5, 5.41) is 8.66. The second kappa shape index (κ2) is 45.8. The largest absolute Gasteiger partial charge is 0.481 e. The first-order chi connectivity index (χ1) is 30.2. The van der Waals surface area contributed by atoms with Gasteiger partial charge in [-0.3, -0.25) is 24.0 Å². The zero-order chi connectivity index (χ0) is 45.6. The van der Waals surface area contributed by atoms with Gasteiger partial charge in [-0.15, -0.1) is 0 Å². The van der Waals surface area contributed by atoms with Crippen LogP contribution >= 0.6 is 0 Å². The molecule has 62 heavy (non-hydrogen) atoms. The normalized spacial score (nSPS) is 12.4. The van der Waals surface area contributed by atoms with E-state index in [4.69, 9.17) is 24.1 Å². The van der Waals surface area contributed by atoms with Gasteiger partial charge in [0.15, 0.2) is 6.10 Å². The van der Waals surface area contributed by atoms with Crippen molar-refractivity contribution in [2.24, 2.45) is 5.92 Å². The van der Waals surface area contributed by atoms with Gasteiger partial charge < -0.3 is 24.1 Å². The summed E-state index contributed by atoms with van der Waals surface area (Å²) in [5.41, 5.74) is 0. The Bertz CT molecular complexity index is 1150. The molecule has 10 nitrogen and oxygen atoms in total. The molecule has 10 heteroatoms. The van der Waals surface area contributed by atoms with Crippen LogP contribution in [0.2, 0.25) is 0 Å². The number of carboxylic acids is 1. The standard InChI is InChI=1S/C52H92O10/c1-4-6-8-10-12-14-16-17-18-19-20-22-24-29-34-41-51(57)61-45-47(44-60-50(56)40-33-28-23-21-15-13-11-9-7-5-2)62-52(58)43-46(3)37-31-27-25-26-30-32-39-49(55)59-42-36-35-38-48(53)54/h9,11,17-18,46-47H,4-8,10,12-16,19-45H2,1-3H3,(H,53,54)/b11-9-,18-17-. The van der Waals surface area contributed by atoms with E-state index >= 15 is 0 Å². The highest BCUT2D eigenvalue weighted by Gasteiger charge is 2.21. The van der Waals surface area contributed by atoms with Gasteiger partial charge in [-0.05, 0) is 83.0 Å². The van der Waals surface area contributed by atoms with Crippen molar-refractivity contribution in [1.82, 2.24) is 0 Å². The summed E-state index contributed by atoms with van der Waals surface area (Å²) in [6.07, 6.45) is 41.4. The minimum absolute atomic E-state index is 0.0924. The van der Waals surface area contributed by atoms with Crippen LogP contribution in [0.4, 0.5) is 0 Å². The van der Waals surface area contributed by atoms with Gasteiger partial charge >= 0.3 is 29.8 Å². The Morgan fingerprint density at radius 2 is 0.839 bits per heavy atom. The lowest BCUT2D eigenvalue weighted by atomic mass is 9.99.